The molecule has 0 fully saturated rings. The van der Waals surface area contributed by atoms with Crippen molar-refractivity contribution in [2.45, 2.75) is 19.9 Å². The van der Waals surface area contributed by atoms with E-state index in [9.17, 15) is 8.78 Å². The fourth-order valence-electron chi connectivity index (χ4n) is 1.52. The molecule has 1 aromatic carbocycles. The van der Waals surface area contributed by atoms with Crippen LogP contribution in [0.4, 0.5) is 14.5 Å². The van der Waals surface area contributed by atoms with Gasteiger partial charge in [0.2, 0.25) is 0 Å². The number of benzene rings is 1. The summed E-state index contributed by atoms with van der Waals surface area (Å²) < 4.78 is 25.7. The summed E-state index contributed by atoms with van der Waals surface area (Å²) in [6.07, 6.45) is -2.51. The topological polar surface area (TPSA) is 69.6 Å². The molecular formula is C10H11F2N5. The lowest BCUT2D eigenvalue weighted by molar-refractivity contribution is 0.121. The van der Waals surface area contributed by atoms with Gasteiger partial charge in [-0.15, -0.1) is 5.10 Å². The van der Waals surface area contributed by atoms with E-state index in [1.165, 1.54) is 0 Å². The SMILES string of the molecule is Cc1ccc(N)c(-c2nnnn2CC(F)F)c1. The van der Waals surface area contributed by atoms with Gasteiger partial charge in [0.15, 0.2) is 5.82 Å². The molecule has 0 atom stereocenters. The van der Waals surface area contributed by atoms with Gasteiger partial charge < -0.3 is 5.73 Å². The summed E-state index contributed by atoms with van der Waals surface area (Å²) >= 11 is 0. The highest BCUT2D eigenvalue weighted by molar-refractivity contribution is 5.71. The van der Waals surface area contributed by atoms with E-state index in [0.717, 1.165) is 10.2 Å². The van der Waals surface area contributed by atoms with Crippen LogP contribution in [0.5, 0.6) is 0 Å². The first-order valence-corrected chi connectivity index (χ1v) is 4.98. The van der Waals surface area contributed by atoms with Crippen LogP contribution < -0.4 is 5.73 Å². The summed E-state index contributed by atoms with van der Waals surface area (Å²) in [7, 11) is 0. The Bertz CT molecular complexity index is 523. The third-order valence-corrected chi connectivity index (χ3v) is 2.29. The van der Waals surface area contributed by atoms with Gasteiger partial charge in [-0.2, -0.15) is 0 Å². The van der Waals surface area contributed by atoms with E-state index >= 15 is 0 Å². The van der Waals surface area contributed by atoms with E-state index < -0.39 is 13.0 Å². The Kier molecular flexibility index (Phi) is 2.99. The number of aryl methyl sites for hydroxylation is 1. The van der Waals surface area contributed by atoms with Gasteiger partial charge in [-0.05, 0) is 29.5 Å². The summed E-state index contributed by atoms with van der Waals surface area (Å²) in [4.78, 5) is 0. The maximum atomic E-state index is 12.3. The number of anilines is 1. The zero-order valence-corrected chi connectivity index (χ0v) is 9.14. The number of alkyl halides is 2. The number of nitrogen functional groups attached to an aromatic ring is 1. The molecule has 0 bridgehead atoms. The Balaban J connectivity index is 2.45. The van der Waals surface area contributed by atoms with Gasteiger partial charge in [0.1, 0.15) is 6.54 Å². The largest absolute Gasteiger partial charge is 0.398 e. The van der Waals surface area contributed by atoms with Crippen molar-refractivity contribution < 1.29 is 8.78 Å². The second-order valence-corrected chi connectivity index (χ2v) is 3.67. The number of aromatic nitrogens is 4. The molecule has 1 heterocycles. The van der Waals surface area contributed by atoms with E-state index in [1.54, 1.807) is 12.1 Å². The van der Waals surface area contributed by atoms with Gasteiger partial charge in [-0.3, -0.25) is 0 Å². The maximum Gasteiger partial charge on any atom is 0.258 e. The summed E-state index contributed by atoms with van der Waals surface area (Å²) in [5, 5.41) is 10.6. The highest BCUT2D eigenvalue weighted by atomic mass is 19.3. The smallest absolute Gasteiger partial charge is 0.258 e. The lowest BCUT2D eigenvalue weighted by Gasteiger charge is -2.07. The molecule has 0 radical (unpaired) electrons. The van der Waals surface area contributed by atoms with Crippen molar-refractivity contribution in [1.82, 2.24) is 20.2 Å². The number of tetrazole rings is 1. The molecule has 5 nitrogen and oxygen atoms in total. The molecule has 17 heavy (non-hydrogen) atoms. The minimum Gasteiger partial charge on any atom is -0.398 e. The van der Waals surface area contributed by atoms with Crippen LogP contribution in [0.2, 0.25) is 0 Å². The third-order valence-electron chi connectivity index (χ3n) is 2.29. The Morgan fingerprint density at radius 3 is 2.88 bits per heavy atom. The quantitative estimate of drug-likeness (QED) is 0.824. The Morgan fingerprint density at radius 1 is 1.41 bits per heavy atom. The van der Waals surface area contributed by atoms with E-state index in [-0.39, 0.29) is 5.82 Å². The lowest BCUT2D eigenvalue weighted by Crippen LogP contribution is -2.10. The van der Waals surface area contributed by atoms with Crippen LogP contribution in [0, 0.1) is 6.92 Å². The fraction of sp³-hybridized carbons (Fsp3) is 0.300. The molecule has 0 saturated carbocycles. The van der Waals surface area contributed by atoms with Crippen molar-refractivity contribution in [3.8, 4) is 11.4 Å². The van der Waals surface area contributed by atoms with E-state index in [1.807, 2.05) is 13.0 Å². The van der Waals surface area contributed by atoms with Crippen molar-refractivity contribution in [2.75, 3.05) is 5.73 Å². The molecule has 90 valence electrons. The van der Waals surface area contributed by atoms with E-state index in [2.05, 4.69) is 15.5 Å². The predicted octanol–water partition coefficient (Wildman–Crippen LogP) is 1.50. The normalized spacial score (nSPS) is 11.1. The van der Waals surface area contributed by atoms with Crippen LogP contribution in [0.3, 0.4) is 0 Å². The first-order valence-electron chi connectivity index (χ1n) is 4.98. The first-order chi connectivity index (χ1) is 8.08. The van der Waals surface area contributed by atoms with Gasteiger partial charge in [0.05, 0.1) is 0 Å². The van der Waals surface area contributed by atoms with Crippen LogP contribution in [-0.2, 0) is 6.54 Å². The van der Waals surface area contributed by atoms with Crippen molar-refractivity contribution in [2.24, 2.45) is 0 Å². The van der Waals surface area contributed by atoms with Gasteiger partial charge in [-0.1, -0.05) is 11.6 Å². The van der Waals surface area contributed by atoms with Crippen molar-refractivity contribution in [1.29, 1.82) is 0 Å². The molecule has 2 N–H and O–H groups in total. The van der Waals surface area contributed by atoms with E-state index in [0.29, 0.717) is 11.3 Å². The van der Waals surface area contributed by atoms with Crippen LogP contribution in [0.15, 0.2) is 18.2 Å². The molecule has 0 amide bonds. The summed E-state index contributed by atoms with van der Waals surface area (Å²) in [5.74, 6) is 0.256. The number of hydrogen-bond acceptors (Lipinski definition) is 4. The Labute approximate surface area is 96.2 Å². The Morgan fingerprint density at radius 2 is 2.18 bits per heavy atom. The second kappa shape index (κ2) is 4.44. The van der Waals surface area contributed by atoms with Gasteiger partial charge in [-0.25, -0.2) is 13.5 Å². The first kappa shape index (κ1) is 11.4. The standard InChI is InChI=1S/C10H11F2N5/c1-6-2-3-8(13)7(4-6)10-14-15-16-17(10)5-9(11)12/h2-4,9H,5,13H2,1H3. The minimum absolute atomic E-state index is 0.256. The molecule has 7 heteroatoms. The third kappa shape index (κ3) is 2.38. The number of halogens is 2. The predicted molar refractivity (Wildman–Crippen MR) is 58.4 cm³/mol. The minimum atomic E-state index is -2.51. The fourth-order valence-corrected chi connectivity index (χ4v) is 1.52. The lowest BCUT2D eigenvalue weighted by atomic mass is 10.1. The van der Waals surface area contributed by atoms with Gasteiger partial charge >= 0.3 is 0 Å². The van der Waals surface area contributed by atoms with Crippen LogP contribution in [0.1, 0.15) is 5.56 Å². The van der Waals surface area contributed by atoms with Crippen LogP contribution in [0.25, 0.3) is 11.4 Å². The molecule has 1 aromatic heterocycles. The molecule has 0 aliphatic rings. The zero-order chi connectivity index (χ0) is 12.4. The highest BCUT2D eigenvalue weighted by Crippen LogP contribution is 2.24. The molecule has 0 unspecified atom stereocenters. The monoisotopic (exact) mass is 239 g/mol. The van der Waals surface area contributed by atoms with Gasteiger partial charge in [0.25, 0.3) is 6.43 Å². The van der Waals surface area contributed by atoms with E-state index in [4.69, 9.17) is 5.73 Å². The highest BCUT2D eigenvalue weighted by Gasteiger charge is 2.15. The van der Waals surface area contributed by atoms with Gasteiger partial charge in [0, 0.05) is 11.3 Å². The molecule has 0 spiro atoms. The number of rotatable bonds is 3. The van der Waals surface area contributed by atoms with Crippen molar-refractivity contribution >= 4 is 5.69 Å². The molecule has 2 aromatic rings. The number of nitrogens with two attached hydrogens (primary N) is 1. The summed E-state index contributed by atoms with van der Waals surface area (Å²) in [5.41, 5.74) is 7.77. The number of hydrogen-bond donors (Lipinski definition) is 1. The molecule has 0 aliphatic carbocycles. The second-order valence-electron chi connectivity index (χ2n) is 3.67. The molecule has 0 saturated heterocycles. The van der Waals surface area contributed by atoms with Crippen molar-refractivity contribution in [3.05, 3.63) is 23.8 Å². The summed E-state index contributed by atoms with van der Waals surface area (Å²) in [6, 6.07) is 5.30. The summed E-state index contributed by atoms with van der Waals surface area (Å²) in [6.45, 7) is 1.33. The molecule has 0 aliphatic heterocycles. The molecular weight excluding hydrogens is 228 g/mol. The maximum absolute atomic E-state index is 12.3. The zero-order valence-electron chi connectivity index (χ0n) is 9.14. The molecule has 2 rings (SSSR count). The van der Waals surface area contributed by atoms with Crippen LogP contribution >= 0.6 is 0 Å². The Hall–Kier alpha value is -2.05. The average Bonchev–Trinajstić information content (AvgIpc) is 2.69. The average molecular weight is 239 g/mol. The van der Waals surface area contributed by atoms with Crippen molar-refractivity contribution in [3.63, 3.8) is 0 Å². The van der Waals surface area contributed by atoms with Crippen LogP contribution in [-0.4, -0.2) is 26.6 Å². The number of nitrogens with zero attached hydrogens (tertiary/aromatic N) is 4.